The summed E-state index contributed by atoms with van der Waals surface area (Å²) in [6.07, 6.45) is 5.23. The topological polar surface area (TPSA) is 76.0 Å². The van der Waals surface area contributed by atoms with Crippen LogP contribution in [0.2, 0.25) is 0 Å². The maximum atomic E-state index is 11.1. The van der Waals surface area contributed by atoms with Crippen LogP contribution in [0.1, 0.15) is 23.1 Å². The molecule has 0 atom stereocenters. The molecule has 0 spiro atoms. The summed E-state index contributed by atoms with van der Waals surface area (Å²) in [5.74, 6) is -0.416. The fourth-order valence-electron chi connectivity index (χ4n) is 1.47. The van der Waals surface area contributed by atoms with Gasteiger partial charge in [0.2, 0.25) is 0 Å². The Bertz CT molecular complexity index is 541. The monoisotopic (exact) mass is 229 g/mol. The maximum Gasteiger partial charge on any atom is 0.339 e. The first-order valence-electron chi connectivity index (χ1n) is 5.22. The molecule has 0 aliphatic carbocycles. The van der Waals surface area contributed by atoms with Crippen molar-refractivity contribution in [2.45, 2.75) is 13.3 Å². The van der Waals surface area contributed by atoms with E-state index in [2.05, 4.69) is 15.0 Å². The van der Waals surface area contributed by atoms with Crippen molar-refractivity contribution in [3.63, 3.8) is 0 Å². The van der Waals surface area contributed by atoms with Gasteiger partial charge < -0.3 is 5.11 Å². The van der Waals surface area contributed by atoms with Crippen LogP contribution >= 0.6 is 0 Å². The van der Waals surface area contributed by atoms with Gasteiger partial charge in [0.1, 0.15) is 11.4 Å². The fourth-order valence-corrected chi connectivity index (χ4v) is 1.47. The number of pyridine rings is 1. The molecule has 2 aromatic heterocycles. The molecule has 0 unspecified atom stereocenters. The first-order valence-corrected chi connectivity index (χ1v) is 5.22. The van der Waals surface area contributed by atoms with E-state index in [1.165, 1.54) is 6.20 Å². The van der Waals surface area contributed by atoms with Crippen LogP contribution in [0.25, 0.3) is 11.3 Å². The van der Waals surface area contributed by atoms with Gasteiger partial charge in [-0.2, -0.15) is 0 Å². The predicted octanol–water partition coefficient (Wildman–Crippen LogP) is 1.80. The van der Waals surface area contributed by atoms with Crippen LogP contribution < -0.4 is 0 Å². The van der Waals surface area contributed by atoms with Crippen molar-refractivity contribution in [1.82, 2.24) is 15.0 Å². The molecular formula is C12H11N3O2. The smallest absolute Gasteiger partial charge is 0.339 e. The molecule has 5 heteroatoms. The third-order valence-electron chi connectivity index (χ3n) is 2.32. The average molecular weight is 229 g/mol. The highest BCUT2D eigenvalue weighted by Crippen LogP contribution is 2.20. The van der Waals surface area contributed by atoms with Crippen molar-refractivity contribution in [2.75, 3.05) is 0 Å². The summed E-state index contributed by atoms with van der Waals surface area (Å²) in [5.41, 5.74) is 1.19. The Labute approximate surface area is 98.2 Å². The molecule has 0 amide bonds. The Balaban J connectivity index is 2.61. The number of aromatic nitrogens is 3. The first-order chi connectivity index (χ1) is 8.22. The van der Waals surface area contributed by atoms with E-state index in [4.69, 9.17) is 5.11 Å². The molecule has 2 aromatic rings. The third-order valence-corrected chi connectivity index (χ3v) is 2.32. The van der Waals surface area contributed by atoms with E-state index in [1.54, 1.807) is 24.5 Å². The Morgan fingerprint density at radius 3 is 2.82 bits per heavy atom. The lowest BCUT2D eigenvalue weighted by atomic mass is 10.1. The molecule has 17 heavy (non-hydrogen) atoms. The second-order valence-electron chi connectivity index (χ2n) is 3.45. The number of carbonyl (C=O) groups is 1. The minimum absolute atomic E-state index is 0.0928. The van der Waals surface area contributed by atoms with Crippen LogP contribution in [0.4, 0.5) is 0 Å². The van der Waals surface area contributed by atoms with E-state index in [0.717, 1.165) is 0 Å². The Kier molecular flexibility index (Phi) is 3.09. The molecule has 86 valence electrons. The quantitative estimate of drug-likeness (QED) is 0.868. The number of hydrogen-bond acceptors (Lipinski definition) is 4. The average Bonchev–Trinajstić information content (AvgIpc) is 2.39. The Morgan fingerprint density at radius 1 is 1.41 bits per heavy atom. The largest absolute Gasteiger partial charge is 0.478 e. The van der Waals surface area contributed by atoms with Crippen LogP contribution in [0.5, 0.6) is 0 Å². The van der Waals surface area contributed by atoms with Gasteiger partial charge in [0, 0.05) is 30.6 Å². The van der Waals surface area contributed by atoms with Gasteiger partial charge in [-0.1, -0.05) is 6.92 Å². The summed E-state index contributed by atoms with van der Waals surface area (Å²) in [4.78, 5) is 23.3. The minimum atomic E-state index is -1.04. The zero-order chi connectivity index (χ0) is 12.3. The van der Waals surface area contributed by atoms with Gasteiger partial charge in [-0.25, -0.2) is 14.8 Å². The molecule has 0 radical (unpaired) electrons. The zero-order valence-electron chi connectivity index (χ0n) is 9.29. The van der Waals surface area contributed by atoms with Gasteiger partial charge >= 0.3 is 5.97 Å². The van der Waals surface area contributed by atoms with E-state index in [0.29, 0.717) is 23.5 Å². The lowest BCUT2D eigenvalue weighted by Crippen LogP contribution is -2.05. The normalized spacial score (nSPS) is 10.2. The highest BCUT2D eigenvalue weighted by atomic mass is 16.4. The van der Waals surface area contributed by atoms with Crippen LogP contribution in [0.3, 0.4) is 0 Å². The van der Waals surface area contributed by atoms with E-state index < -0.39 is 5.97 Å². The second-order valence-corrected chi connectivity index (χ2v) is 3.45. The summed E-state index contributed by atoms with van der Waals surface area (Å²) >= 11 is 0. The number of rotatable bonds is 3. The second kappa shape index (κ2) is 4.69. The lowest BCUT2D eigenvalue weighted by molar-refractivity contribution is 0.0697. The van der Waals surface area contributed by atoms with E-state index in [-0.39, 0.29) is 5.56 Å². The maximum absolute atomic E-state index is 11.1. The fraction of sp³-hybridized carbons (Fsp3) is 0.167. The van der Waals surface area contributed by atoms with Crippen molar-refractivity contribution in [2.24, 2.45) is 0 Å². The predicted molar refractivity (Wildman–Crippen MR) is 61.6 cm³/mol. The molecule has 1 N–H and O–H groups in total. The van der Waals surface area contributed by atoms with Crippen LogP contribution in [0.15, 0.2) is 30.7 Å². The van der Waals surface area contributed by atoms with Crippen molar-refractivity contribution in [3.8, 4) is 11.3 Å². The number of nitrogens with zero attached hydrogens (tertiary/aromatic N) is 3. The third kappa shape index (κ3) is 2.28. The van der Waals surface area contributed by atoms with Crippen LogP contribution in [0, 0.1) is 0 Å². The number of aromatic carboxylic acids is 1. The van der Waals surface area contributed by atoms with Gasteiger partial charge in [-0.15, -0.1) is 0 Å². The lowest BCUT2D eigenvalue weighted by Gasteiger charge is -2.06. The van der Waals surface area contributed by atoms with Crippen molar-refractivity contribution < 1.29 is 9.90 Å². The van der Waals surface area contributed by atoms with Gasteiger partial charge in [0.25, 0.3) is 0 Å². The zero-order valence-corrected chi connectivity index (χ0v) is 9.29. The van der Waals surface area contributed by atoms with Crippen molar-refractivity contribution in [3.05, 3.63) is 42.1 Å². The summed E-state index contributed by atoms with van der Waals surface area (Å²) in [6.45, 7) is 1.92. The molecule has 0 aromatic carbocycles. The van der Waals surface area contributed by atoms with E-state index in [9.17, 15) is 4.79 Å². The standard InChI is InChI=1S/C12H11N3O2/c1-2-10-14-7-9(12(16)17)11(15-10)8-4-3-5-13-6-8/h3-7H,2H2,1H3,(H,16,17). The van der Waals surface area contributed by atoms with Crippen LogP contribution in [-0.4, -0.2) is 26.0 Å². The summed E-state index contributed by atoms with van der Waals surface area (Å²) in [7, 11) is 0. The molecule has 0 fully saturated rings. The SMILES string of the molecule is CCc1ncc(C(=O)O)c(-c2cccnc2)n1. The van der Waals surface area contributed by atoms with E-state index >= 15 is 0 Å². The summed E-state index contributed by atoms with van der Waals surface area (Å²) in [6, 6.07) is 3.52. The van der Waals surface area contributed by atoms with Gasteiger partial charge in [-0.05, 0) is 12.1 Å². The minimum Gasteiger partial charge on any atom is -0.478 e. The van der Waals surface area contributed by atoms with Gasteiger partial charge in [0.05, 0.1) is 5.69 Å². The molecule has 0 saturated heterocycles. The van der Waals surface area contributed by atoms with Crippen molar-refractivity contribution in [1.29, 1.82) is 0 Å². The highest BCUT2D eigenvalue weighted by Gasteiger charge is 2.14. The molecule has 2 heterocycles. The highest BCUT2D eigenvalue weighted by molar-refractivity contribution is 5.94. The molecule has 0 bridgehead atoms. The first kappa shape index (κ1) is 11.2. The number of aryl methyl sites for hydroxylation is 1. The number of carboxylic acid groups (broad SMARTS) is 1. The number of hydrogen-bond donors (Lipinski definition) is 1. The van der Waals surface area contributed by atoms with Crippen molar-refractivity contribution >= 4 is 5.97 Å². The number of carboxylic acids is 1. The molecular weight excluding hydrogens is 218 g/mol. The molecule has 5 nitrogen and oxygen atoms in total. The summed E-state index contributed by atoms with van der Waals surface area (Å²) < 4.78 is 0. The van der Waals surface area contributed by atoms with E-state index in [1.807, 2.05) is 6.92 Å². The molecule has 0 saturated carbocycles. The molecule has 2 rings (SSSR count). The molecule has 0 aliphatic heterocycles. The summed E-state index contributed by atoms with van der Waals surface area (Å²) in [5, 5.41) is 9.09. The van der Waals surface area contributed by atoms with Gasteiger partial charge in [-0.3, -0.25) is 4.98 Å². The Morgan fingerprint density at radius 2 is 2.24 bits per heavy atom. The Hall–Kier alpha value is -2.30. The van der Waals surface area contributed by atoms with Crippen LogP contribution in [-0.2, 0) is 6.42 Å². The molecule has 0 aliphatic rings. The van der Waals surface area contributed by atoms with Gasteiger partial charge in [0.15, 0.2) is 0 Å².